The summed E-state index contributed by atoms with van der Waals surface area (Å²) in [7, 11) is 1.75. The van der Waals surface area contributed by atoms with Crippen LogP contribution in [0.5, 0.6) is 0 Å². The van der Waals surface area contributed by atoms with Gasteiger partial charge in [0.2, 0.25) is 0 Å². The molecule has 0 aliphatic carbocycles. The summed E-state index contributed by atoms with van der Waals surface area (Å²) < 4.78 is 26.4. The number of unbranched alkanes of at least 4 members (excludes halogenated alkanes) is 1. The minimum absolute atomic E-state index is 0. The van der Waals surface area contributed by atoms with E-state index in [1.165, 1.54) is 17.3 Å². The van der Waals surface area contributed by atoms with E-state index >= 15 is 0 Å². The molecule has 0 N–H and O–H groups in total. The fourth-order valence-electron chi connectivity index (χ4n) is 4.74. The molecule has 0 saturated heterocycles. The van der Waals surface area contributed by atoms with Crippen molar-refractivity contribution in [3.63, 3.8) is 0 Å². The van der Waals surface area contributed by atoms with Gasteiger partial charge in [-0.25, -0.2) is 9.97 Å². The van der Waals surface area contributed by atoms with Gasteiger partial charge in [0.15, 0.2) is 0 Å². The molecule has 0 amide bonds. The molecule has 3 aliphatic rings. The minimum atomic E-state index is -0.946. The number of rotatable bonds is 8. The van der Waals surface area contributed by atoms with Crippen molar-refractivity contribution in [1.29, 1.82) is 0 Å². The van der Waals surface area contributed by atoms with E-state index in [0.29, 0.717) is 11.6 Å². The molecule has 7 rings (SSSR count). The number of fused-ring (bicyclic) bond motifs is 1. The predicted octanol–water partition coefficient (Wildman–Crippen LogP) is 5.85. The Labute approximate surface area is 276 Å². The van der Waals surface area contributed by atoms with Gasteiger partial charge in [-0.05, 0) is 63.5 Å². The second-order valence-corrected chi connectivity index (χ2v) is 9.98. The maximum absolute atomic E-state index is 13.6. The summed E-state index contributed by atoms with van der Waals surface area (Å²) >= 11 is 0. The van der Waals surface area contributed by atoms with E-state index in [4.69, 9.17) is 0 Å². The summed E-state index contributed by atoms with van der Waals surface area (Å²) in [6.07, 6.45) is 13.7. The van der Waals surface area contributed by atoms with Crippen LogP contribution in [0.4, 0.5) is 37.5 Å². The van der Waals surface area contributed by atoms with Gasteiger partial charge < -0.3 is 34.4 Å². The zero-order valence-corrected chi connectivity index (χ0v) is 26.7. The van der Waals surface area contributed by atoms with Gasteiger partial charge in [0.25, 0.3) is 0 Å². The number of para-hydroxylation sites is 2. The molecule has 0 atom stereocenters. The van der Waals surface area contributed by atoms with Crippen molar-refractivity contribution < 1.29 is 28.9 Å². The summed E-state index contributed by atoms with van der Waals surface area (Å²) in [6, 6.07) is 26.0. The first-order valence-corrected chi connectivity index (χ1v) is 14.1. The van der Waals surface area contributed by atoms with E-state index in [1.54, 1.807) is 18.6 Å². The number of nitrogens with zero attached hydrogens (tertiary/aromatic N) is 9. The van der Waals surface area contributed by atoms with Crippen LogP contribution >= 0.6 is 0 Å². The van der Waals surface area contributed by atoms with Crippen LogP contribution in [0.1, 0.15) is 12.8 Å². The van der Waals surface area contributed by atoms with E-state index in [0.717, 1.165) is 43.4 Å². The summed E-state index contributed by atoms with van der Waals surface area (Å²) in [4.78, 5) is 23.1. The third-order valence-corrected chi connectivity index (χ3v) is 6.89. The van der Waals surface area contributed by atoms with Crippen molar-refractivity contribution in [2.24, 2.45) is 0 Å². The van der Waals surface area contributed by atoms with Crippen LogP contribution in [0.15, 0.2) is 91.8 Å². The molecule has 0 saturated carbocycles. The molecule has 9 nitrogen and oxygen atoms in total. The van der Waals surface area contributed by atoms with Crippen molar-refractivity contribution in [3.05, 3.63) is 142 Å². The van der Waals surface area contributed by atoms with Crippen molar-refractivity contribution in [2.45, 2.75) is 12.8 Å². The number of benzene rings is 2. The topological polar surface area (TPSA) is 58.1 Å². The molecular formula is C33H29F2IrN9-6. The Balaban J connectivity index is 0.000000185. The molecule has 4 aromatic rings. The Hall–Kier alpha value is -4.54. The monoisotopic (exact) mass is 782 g/mol. The Morgan fingerprint density at radius 1 is 0.733 bits per heavy atom. The molecule has 45 heavy (non-hydrogen) atoms. The third kappa shape index (κ3) is 7.76. The second kappa shape index (κ2) is 15.0. The molecular weight excluding hydrogens is 753 g/mol. The second-order valence-electron chi connectivity index (χ2n) is 9.98. The van der Waals surface area contributed by atoms with E-state index in [2.05, 4.69) is 103 Å². The van der Waals surface area contributed by atoms with Gasteiger partial charge in [-0.3, -0.25) is 8.78 Å². The van der Waals surface area contributed by atoms with Crippen molar-refractivity contribution >= 4 is 28.7 Å². The van der Waals surface area contributed by atoms with Gasteiger partial charge >= 0.3 is 0 Å². The third-order valence-electron chi connectivity index (χ3n) is 6.89. The predicted molar refractivity (Wildman–Crippen MR) is 165 cm³/mol. The summed E-state index contributed by atoms with van der Waals surface area (Å²) in [5, 5.41) is 0. The molecule has 12 heteroatoms. The fourth-order valence-corrected chi connectivity index (χ4v) is 4.74. The van der Waals surface area contributed by atoms with Gasteiger partial charge in [0, 0.05) is 32.5 Å². The quantitative estimate of drug-likeness (QED) is 0.125. The Kier molecular flexibility index (Phi) is 10.6. The van der Waals surface area contributed by atoms with Crippen molar-refractivity contribution in [3.8, 4) is 0 Å². The molecule has 235 valence electrons. The van der Waals surface area contributed by atoms with Gasteiger partial charge in [-0.15, -0.1) is 24.1 Å². The Bertz CT molecular complexity index is 1530. The molecule has 5 heterocycles. The maximum Gasteiger partial charge on any atom is 0.144 e. The van der Waals surface area contributed by atoms with Gasteiger partial charge in [0.05, 0.1) is 5.95 Å². The van der Waals surface area contributed by atoms with E-state index in [1.807, 2.05) is 36.4 Å². The zero-order chi connectivity index (χ0) is 30.3. The van der Waals surface area contributed by atoms with E-state index < -0.39 is 11.9 Å². The van der Waals surface area contributed by atoms with Crippen LogP contribution in [0, 0.1) is 50.1 Å². The van der Waals surface area contributed by atoms with Crippen LogP contribution in [-0.4, -0.2) is 44.9 Å². The SMILES string of the molecule is CN1[CH-]N(c2[c-]cc(F)nc2F)c2nccnc21.[Ir].[c-]1ccccc1N1C=CN(CCCCN2C=CN(c3[c-]cccc3)[CH-]2)[CH-]1. The molecule has 2 aromatic carbocycles. The molecule has 1 radical (unpaired) electrons. The number of anilines is 5. The molecule has 0 fully saturated rings. The first-order chi connectivity index (χ1) is 21.5. The van der Waals surface area contributed by atoms with Gasteiger partial charge in [-0.1, -0.05) is 0 Å². The smallest absolute Gasteiger partial charge is 0.144 e. The Morgan fingerprint density at radius 2 is 1.31 bits per heavy atom. The van der Waals surface area contributed by atoms with E-state index in [-0.39, 0.29) is 25.8 Å². The molecule has 3 aliphatic heterocycles. The molecule has 0 bridgehead atoms. The first kappa shape index (κ1) is 31.9. The van der Waals surface area contributed by atoms with Crippen LogP contribution in [0.25, 0.3) is 0 Å². The average Bonchev–Trinajstić information content (AvgIpc) is 3.81. The first-order valence-electron chi connectivity index (χ1n) is 14.1. The van der Waals surface area contributed by atoms with Gasteiger partial charge in [-0.2, -0.15) is 80.1 Å². The van der Waals surface area contributed by atoms with E-state index in [9.17, 15) is 8.78 Å². The molecule has 0 unspecified atom stereocenters. The number of hydrogen-bond acceptors (Lipinski definition) is 9. The van der Waals surface area contributed by atoms with Crippen LogP contribution in [0.2, 0.25) is 0 Å². The summed E-state index contributed by atoms with van der Waals surface area (Å²) in [5.74, 6) is -0.834. The standard InChI is InChI=1S/C22H22N4.C11H7F2N5.Ir/c1-3-9-21(10-4-1)25-17-15-23(19-25)13-7-8-14-24-16-18-26(20-24)22-11-5-2-6-12-22;1-17-6-18(11-10(17)14-4-5-15-11)7-2-3-8(12)16-9(7)13;/h1-6,9,11,15-20H,7-8,13-14H2;3-6H,1H3;/q-4;-2;. The van der Waals surface area contributed by atoms with Gasteiger partial charge in [0.1, 0.15) is 17.6 Å². The molecule has 2 aromatic heterocycles. The largest absolute Gasteiger partial charge is 0.508 e. The van der Waals surface area contributed by atoms with Crippen LogP contribution in [0.3, 0.4) is 0 Å². The fraction of sp³-hybridized carbons (Fsp3) is 0.152. The normalized spacial score (nSPS) is 14.9. The summed E-state index contributed by atoms with van der Waals surface area (Å²) in [6.45, 7) is 7.88. The van der Waals surface area contributed by atoms with Crippen molar-refractivity contribution in [2.75, 3.05) is 39.7 Å². The zero-order valence-electron chi connectivity index (χ0n) is 24.3. The molecule has 0 spiro atoms. The number of halogens is 2. The summed E-state index contributed by atoms with van der Waals surface area (Å²) in [5.41, 5.74) is 2.14. The number of hydrogen-bond donors (Lipinski definition) is 0. The van der Waals surface area contributed by atoms with Crippen LogP contribution < -0.4 is 19.6 Å². The average molecular weight is 782 g/mol. The number of pyridine rings is 1. The number of aromatic nitrogens is 3. The Morgan fingerprint density at radius 3 is 1.84 bits per heavy atom. The van der Waals surface area contributed by atoms with Crippen molar-refractivity contribution in [1.82, 2.24) is 24.8 Å². The minimum Gasteiger partial charge on any atom is -0.508 e. The maximum atomic E-state index is 13.6. The van der Waals surface area contributed by atoms with Crippen LogP contribution in [-0.2, 0) is 20.1 Å².